The number of likely N-dealkylation sites (tertiary alicyclic amines) is 1. The molecule has 2 rings (SSSR count). The van der Waals surface area contributed by atoms with E-state index in [4.69, 9.17) is 0 Å². The Hall–Kier alpha value is -1.50. The van der Waals surface area contributed by atoms with Crippen molar-refractivity contribution in [1.82, 2.24) is 10.2 Å². The van der Waals surface area contributed by atoms with E-state index in [9.17, 15) is 19.4 Å². The van der Waals surface area contributed by atoms with Gasteiger partial charge in [-0.15, -0.1) is 0 Å². The molecule has 0 saturated carbocycles. The number of aliphatic hydroxyl groups is 2. The fraction of sp³-hybridized carbons (Fsp3) is 0.611. The summed E-state index contributed by atoms with van der Waals surface area (Å²) in [5, 5.41) is 22.3. The van der Waals surface area contributed by atoms with Gasteiger partial charge >= 0.3 is 0 Å². The molecule has 0 aromatic heterocycles. The van der Waals surface area contributed by atoms with E-state index in [1.165, 1.54) is 5.56 Å². The van der Waals surface area contributed by atoms with Gasteiger partial charge in [-0.05, 0) is 24.9 Å². The molecule has 0 spiro atoms. The minimum atomic E-state index is -1.58. The lowest BCUT2D eigenvalue weighted by atomic mass is 9.93. The minimum Gasteiger partial charge on any atom is -0.395 e. The number of carbonyl (C=O) groups excluding carboxylic acids is 1. The van der Waals surface area contributed by atoms with Gasteiger partial charge in [-0.3, -0.25) is 9.69 Å². The van der Waals surface area contributed by atoms with Gasteiger partial charge in [0.05, 0.1) is 18.7 Å². The first-order chi connectivity index (χ1) is 11.6. The van der Waals surface area contributed by atoms with E-state index < -0.39 is 24.4 Å². The third-order valence-corrected chi connectivity index (χ3v) is 4.61. The highest BCUT2D eigenvalue weighted by atomic mass is 19.1. The van der Waals surface area contributed by atoms with Crippen molar-refractivity contribution in [1.29, 1.82) is 0 Å². The summed E-state index contributed by atoms with van der Waals surface area (Å²) in [5.41, 5.74) is 1.21. The first kappa shape index (κ1) is 18.8. The van der Waals surface area contributed by atoms with Gasteiger partial charge in [-0.25, -0.2) is 4.39 Å². The van der Waals surface area contributed by atoms with Gasteiger partial charge in [-0.2, -0.15) is 0 Å². The van der Waals surface area contributed by atoms with Crippen LogP contribution in [0.1, 0.15) is 25.3 Å². The van der Waals surface area contributed by atoms with Gasteiger partial charge in [0.2, 0.25) is 5.91 Å². The number of carbonyl (C=O) groups is 1. The molecule has 6 heteroatoms. The molecule has 0 bridgehead atoms. The molecule has 1 heterocycles. The number of nitrogens with zero attached hydrogens (tertiary/aromatic N) is 1. The molecule has 5 nitrogen and oxygen atoms in total. The highest BCUT2D eigenvalue weighted by Crippen LogP contribution is 2.22. The summed E-state index contributed by atoms with van der Waals surface area (Å²) in [5.74, 6) is -0.210. The second-order valence-electron chi connectivity index (χ2n) is 6.30. The average Bonchev–Trinajstić information content (AvgIpc) is 2.60. The van der Waals surface area contributed by atoms with Crippen molar-refractivity contribution in [3.63, 3.8) is 0 Å². The molecule has 1 fully saturated rings. The largest absolute Gasteiger partial charge is 0.395 e. The lowest BCUT2D eigenvalue weighted by molar-refractivity contribution is -0.125. The lowest BCUT2D eigenvalue weighted by Crippen LogP contribution is -2.65. The second-order valence-corrected chi connectivity index (χ2v) is 6.30. The van der Waals surface area contributed by atoms with E-state index in [1.54, 1.807) is 6.92 Å². The molecule has 1 saturated heterocycles. The van der Waals surface area contributed by atoms with Crippen molar-refractivity contribution in [3.8, 4) is 0 Å². The molecule has 0 aliphatic carbocycles. The number of aliphatic hydroxyl groups excluding tert-OH is 2. The molecule has 0 radical (unpaired) electrons. The number of hydrogen-bond acceptors (Lipinski definition) is 4. The van der Waals surface area contributed by atoms with Gasteiger partial charge in [0.25, 0.3) is 0 Å². The van der Waals surface area contributed by atoms with Crippen molar-refractivity contribution in [3.05, 3.63) is 35.9 Å². The number of halogens is 1. The summed E-state index contributed by atoms with van der Waals surface area (Å²) in [7, 11) is 0. The highest BCUT2D eigenvalue weighted by molar-refractivity contribution is 5.76. The normalized spacial score (nSPS) is 27.8. The fourth-order valence-electron chi connectivity index (χ4n) is 3.19. The van der Waals surface area contributed by atoms with Gasteiger partial charge in [0.15, 0.2) is 0 Å². The third-order valence-electron chi connectivity index (χ3n) is 4.61. The first-order valence-corrected chi connectivity index (χ1v) is 8.57. The summed E-state index contributed by atoms with van der Waals surface area (Å²) in [6.45, 7) is 2.31. The Labute approximate surface area is 142 Å². The van der Waals surface area contributed by atoms with E-state index in [-0.39, 0.29) is 18.9 Å². The van der Waals surface area contributed by atoms with Crippen LogP contribution in [0.15, 0.2) is 30.3 Å². The maximum Gasteiger partial charge on any atom is 0.220 e. The third kappa shape index (κ3) is 4.75. The monoisotopic (exact) mass is 338 g/mol. The maximum absolute atomic E-state index is 14.4. The van der Waals surface area contributed by atoms with E-state index in [1.807, 2.05) is 35.2 Å². The maximum atomic E-state index is 14.4. The molecule has 1 aromatic carbocycles. The Morgan fingerprint density at radius 3 is 2.71 bits per heavy atom. The topological polar surface area (TPSA) is 72.8 Å². The summed E-state index contributed by atoms with van der Waals surface area (Å²) in [4.78, 5) is 13.4. The number of piperidine rings is 1. The average molecular weight is 338 g/mol. The molecule has 4 atom stereocenters. The highest BCUT2D eigenvalue weighted by Gasteiger charge is 2.43. The molecule has 0 unspecified atom stereocenters. The van der Waals surface area contributed by atoms with Crippen molar-refractivity contribution in [2.45, 2.75) is 50.5 Å². The molecular weight excluding hydrogens is 311 g/mol. The van der Waals surface area contributed by atoms with Crippen LogP contribution in [0, 0.1) is 0 Å². The first-order valence-electron chi connectivity index (χ1n) is 8.57. The summed E-state index contributed by atoms with van der Waals surface area (Å²) in [6.07, 6.45) is -0.901. The lowest BCUT2D eigenvalue weighted by Gasteiger charge is -2.44. The van der Waals surface area contributed by atoms with Crippen LogP contribution >= 0.6 is 0 Å². The molecule has 1 aliphatic heterocycles. The van der Waals surface area contributed by atoms with Crippen LogP contribution in [-0.2, 0) is 11.2 Å². The van der Waals surface area contributed by atoms with Gasteiger partial charge in [-0.1, -0.05) is 37.3 Å². The quantitative estimate of drug-likeness (QED) is 0.690. The van der Waals surface area contributed by atoms with E-state index in [0.717, 1.165) is 12.8 Å². The number of alkyl halides is 1. The SMILES string of the molecule is CCC(=O)N[C@H]1CN(CCCc2ccccc2)[C@H](CO)[C@H](F)[C@@H]1O. The Morgan fingerprint density at radius 2 is 2.08 bits per heavy atom. The second kappa shape index (κ2) is 9.11. The fourth-order valence-corrected chi connectivity index (χ4v) is 3.19. The van der Waals surface area contributed by atoms with Crippen molar-refractivity contribution < 1.29 is 19.4 Å². The Bertz CT molecular complexity index is 514. The van der Waals surface area contributed by atoms with Crippen molar-refractivity contribution in [2.75, 3.05) is 19.7 Å². The van der Waals surface area contributed by atoms with Crippen LogP contribution in [0.3, 0.4) is 0 Å². The van der Waals surface area contributed by atoms with Crippen LogP contribution in [0.25, 0.3) is 0 Å². The van der Waals surface area contributed by atoms with Gasteiger partial charge < -0.3 is 15.5 Å². The standard InChI is InChI=1S/C18H27FN2O3/c1-2-16(23)20-14-11-21(15(12-22)17(19)18(14)24)10-6-9-13-7-4-3-5-8-13/h3-5,7-8,14-15,17-18,22,24H,2,6,9-12H2,1H3,(H,20,23)/t14-,15+,17-,18+/m0/s1. The predicted octanol–water partition coefficient (Wildman–Crippen LogP) is 0.889. The molecule has 3 N–H and O–H groups in total. The van der Waals surface area contributed by atoms with E-state index in [0.29, 0.717) is 13.1 Å². The van der Waals surface area contributed by atoms with E-state index in [2.05, 4.69) is 5.32 Å². The number of amides is 1. The van der Waals surface area contributed by atoms with Crippen LogP contribution < -0.4 is 5.32 Å². The van der Waals surface area contributed by atoms with Crippen molar-refractivity contribution >= 4 is 5.91 Å². The summed E-state index contributed by atoms with van der Waals surface area (Å²) < 4.78 is 14.4. The van der Waals surface area contributed by atoms with Crippen molar-refractivity contribution in [2.24, 2.45) is 0 Å². The molecule has 1 amide bonds. The zero-order valence-electron chi connectivity index (χ0n) is 14.1. The number of benzene rings is 1. The molecule has 1 aliphatic rings. The molecular formula is C18H27FN2O3. The van der Waals surface area contributed by atoms with Crippen LogP contribution in [0.4, 0.5) is 4.39 Å². The van der Waals surface area contributed by atoms with Gasteiger partial charge in [0.1, 0.15) is 12.3 Å². The number of rotatable bonds is 7. The van der Waals surface area contributed by atoms with Crippen LogP contribution in [-0.4, -0.2) is 65.1 Å². The van der Waals surface area contributed by atoms with E-state index >= 15 is 0 Å². The summed E-state index contributed by atoms with van der Waals surface area (Å²) in [6, 6.07) is 8.65. The minimum absolute atomic E-state index is 0.210. The number of nitrogens with one attached hydrogen (secondary N) is 1. The Kier molecular flexibility index (Phi) is 7.15. The zero-order valence-corrected chi connectivity index (χ0v) is 14.1. The predicted molar refractivity (Wildman–Crippen MR) is 90.3 cm³/mol. The molecule has 134 valence electrons. The number of hydrogen-bond donors (Lipinski definition) is 3. The van der Waals surface area contributed by atoms with Crippen LogP contribution in [0.5, 0.6) is 0 Å². The molecule has 1 aromatic rings. The number of aryl methyl sites for hydroxylation is 1. The zero-order chi connectivity index (χ0) is 17.5. The Balaban J connectivity index is 1.95. The van der Waals surface area contributed by atoms with Crippen LogP contribution in [0.2, 0.25) is 0 Å². The molecule has 24 heavy (non-hydrogen) atoms. The smallest absolute Gasteiger partial charge is 0.220 e. The summed E-state index contributed by atoms with van der Waals surface area (Å²) >= 11 is 0. The Morgan fingerprint density at radius 1 is 1.38 bits per heavy atom. The van der Waals surface area contributed by atoms with Gasteiger partial charge in [0, 0.05) is 13.0 Å².